The van der Waals surface area contributed by atoms with Gasteiger partial charge in [0, 0.05) is 24.2 Å². The van der Waals surface area contributed by atoms with Crippen molar-refractivity contribution in [3.8, 4) is 5.88 Å². The van der Waals surface area contributed by atoms with Crippen LogP contribution >= 0.6 is 0 Å². The first-order chi connectivity index (χ1) is 9.31. The standard InChI is InChI=1S/C15H25N3O/c1-3-7-16-13(8-12-5-4-6-12)9-14-10-15(19-2)18-11-17-14/h10-13,16H,3-9H2,1-2H3. The largest absolute Gasteiger partial charge is 0.481 e. The molecule has 0 bridgehead atoms. The summed E-state index contributed by atoms with van der Waals surface area (Å²) in [6, 6.07) is 2.48. The summed E-state index contributed by atoms with van der Waals surface area (Å²) in [5, 5.41) is 3.65. The minimum absolute atomic E-state index is 0.532. The summed E-state index contributed by atoms with van der Waals surface area (Å²) in [5.41, 5.74) is 1.07. The molecule has 4 nitrogen and oxygen atoms in total. The second-order valence-corrected chi connectivity index (χ2v) is 5.44. The Labute approximate surface area is 116 Å². The van der Waals surface area contributed by atoms with Gasteiger partial charge in [0.25, 0.3) is 0 Å². The first kappa shape index (κ1) is 14.3. The zero-order valence-electron chi connectivity index (χ0n) is 12.1. The van der Waals surface area contributed by atoms with E-state index < -0.39 is 0 Å². The monoisotopic (exact) mass is 263 g/mol. The molecular formula is C15H25N3O. The van der Waals surface area contributed by atoms with Crippen LogP contribution in [0.4, 0.5) is 0 Å². The lowest BCUT2D eigenvalue weighted by molar-refractivity contribution is 0.258. The van der Waals surface area contributed by atoms with Crippen molar-refractivity contribution in [2.75, 3.05) is 13.7 Å². The molecule has 4 heteroatoms. The van der Waals surface area contributed by atoms with Crippen molar-refractivity contribution in [3.05, 3.63) is 18.1 Å². The molecule has 1 N–H and O–H groups in total. The normalized spacial score (nSPS) is 16.9. The number of nitrogens with one attached hydrogen (secondary N) is 1. The van der Waals surface area contributed by atoms with Crippen LogP contribution in [-0.4, -0.2) is 29.7 Å². The summed E-state index contributed by atoms with van der Waals surface area (Å²) in [5.74, 6) is 1.57. The summed E-state index contributed by atoms with van der Waals surface area (Å²) in [6.45, 7) is 3.29. The fourth-order valence-electron chi connectivity index (χ4n) is 2.57. The van der Waals surface area contributed by atoms with Crippen molar-refractivity contribution in [1.82, 2.24) is 15.3 Å². The van der Waals surface area contributed by atoms with E-state index in [-0.39, 0.29) is 0 Å². The topological polar surface area (TPSA) is 47.0 Å². The number of hydrogen-bond acceptors (Lipinski definition) is 4. The van der Waals surface area contributed by atoms with E-state index >= 15 is 0 Å². The molecular weight excluding hydrogens is 238 g/mol. The van der Waals surface area contributed by atoms with Crippen LogP contribution in [-0.2, 0) is 6.42 Å². The Morgan fingerprint density at radius 2 is 2.26 bits per heavy atom. The van der Waals surface area contributed by atoms with Crippen molar-refractivity contribution < 1.29 is 4.74 Å². The van der Waals surface area contributed by atoms with Crippen LogP contribution in [0.25, 0.3) is 0 Å². The Morgan fingerprint density at radius 3 is 2.89 bits per heavy atom. The highest BCUT2D eigenvalue weighted by atomic mass is 16.5. The van der Waals surface area contributed by atoms with Crippen molar-refractivity contribution in [3.63, 3.8) is 0 Å². The molecule has 106 valence electrons. The van der Waals surface area contributed by atoms with Crippen LogP contribution in [0, 0.1) is 5.92 Å². The van der Waals surface area contributed by atoms with Gasteiger partial charge in [-0.1, -0.05) is 26.2 Å². The summed E-state index contributed by atoms with van der Waals surface area (Å²) < 4.78 is 5.16. The molecule has 1 fully saturated rings. The average Bonchev–Trinajstić information content (AvgIpc) is 2.40. The molecule has 0 aliphatic heterocycles. The zero-order valence-corrected chi connectivity index (χ0v) is 12.1. The molecule has 1 heterocycles. The summed E-state index contributed by atoms with van der Waals surface area (Å²) in [6.07, 6.45) is 9.21. The third kappa shape index (κ3) is 4.46. The summed E-state index contributed by atoms with van der Waals surface area (Å²) in [7, 11) is 1.65. The summed E-state index contributed by atoms with van der Waals surface area (Å²) >= 11 is 0. The molecule has 1 aromatic heterocycles. The van der Waals surface area contributed by atoms with Crippen LogP contribution < -0.4 is 10.1 Å². The van der Waals surface area contributed by atoms with Gasteiger partial charge in [0.05, 0.1) is 7.11 Å². The molecule has 19 heavy (non-hydrogen) atoms. The van der Waals surface area contributed by atoms with Gasteiger partial charge in [0.15, 0.2) is 0 Å². The second-order valence-electron chi connectivity index (χ2n) is 5.44. The van der Waals surface area contributed by atoms with E-state index in [1.54, 1.807) is 13.4 Å². The van der Waals surface area contributed by atoms with Crippen molar-refractivity contribution in [1.29, 1.82) is 0 Å². The smallest absolute Gasteiger partial charge is 0.216 e. The minimum Gasteiger partial charge on any atom is -0.481 e. The van der Waals surface area contributed by atoms with Crippen LogP contribution in [0.3, 0.4) is 0 Å². The number of hydrogen-bond donors (Lipinski definition) is 1. The fourth-order valence-corrected chi connectivity index (χ4v) is 2.57. The van der Waals surface area contributed by atoms with Crippen molar-refractivity contribution >= 4 is 0 Å². The van der Waals surface area contributed by atoms with Crippen LogP contribution in [0.15, 0.2) is 12.4 Å². The molecule has 1 unspecified atom stereocenters. The molecule has 1 aromatic rings. The van der Waals surface area contributed by atoms with Crippen LogP contribution in [0.2, 0.25) is 0 Å². The molecule has 1 aliphatic rings. The Balaban J connectivity index is 1.92. The minimum atomic E-state index is 0.532. The lowest BCUT2D eigenvalue weighted by atomic mass is 9.80. The number of methoxy groups -OCH3 is 1. The zero-order chi connectivity index (χ0) is 13.5. The molecule has 0 aromatic carbocycles. The highest BCUT2D eigenvalue weighted by Crippen LogP contribution is 2.31. The molecule has 1 atom stereocenters. The molecule has 0 radical (unpaired) electrons. The van der Waals surface area contributed by atoms with Gasteiger partial charge in [-0.3, -0.25) is 0 Å². The van der Waals surface area contributed by atoms with Crippen LogP contribution in [0.1, 0.15) is 44.7 Å². The average molecular weight is 263 g/mol. The van der Waals surface area contributed by atoms with E-state index in [4.69, 9.17) is 4.74 Å². The number of nitrogens with zero attached hydrogens (tertiary/aromatic N) is 2. The Morgan fingerprint density at radius 1 is 1.42 bits per heavy atom. The maximum absolute atomic E-state index is 5.16. The Hall–Kier alpha value is -1.16. The quantitative estimate of drug-likeness (QED) is 0.783. The molecule has 1 aliphatic carbocycles. The molecule has 0 saturated heterocycles. The van der Waals surface area contributed by atoms with E-state index in [0.29, 0.717) is 11.9 Å². The molecule has 0 amide bonds. The molecule has 1 saturated carbocycles. The number of ether oxygens (including phenoxy) is 1. The fraction of sp³-hybridized carbons (Fsp3) is 0.733. The van der Waals surface area contributed by atoms with Gasteiger partial charge < -0.3 is 10.1 Å². The van der Waals surface area contributed by atoms with E-state index in [1.165, 1.54) is 32.1 Å². The van der Waals surface area contributed by atoms with E-state index in [0.717, 1.165) is 24.6 Å². The predicted molar refractivity (Wildman–Crippen MR) is 76.3 cm³/mol. The van der Waals surface area contributed by atoms with Crippen molar-refractivity contribution in [2.24, 2.45) is 5.92 Å². The first-order valence-corrected chi connectivity index (χ1v) is 7.40. The van der Waals surface area contributed by atoms with Gasteiger partial charge in [-0.15, -0.1) is 0 Å². The summed E-state index contributed by atoms with van der Waals surface area (Å²) in [4.78, 5) is 8.42. The van der Waals surface area contributed by atoms with Gasteiger partial charge in [0.2, 0.25) is 5.88 Å². The van der Waals surface area contributed by atoms with Gasteiger partial charge >= 0.3 is 0 Å². The molecule has 0 spiro atoms. The maximum Gasteiger partial charge on any atom is 0.216 e. The third-order valence-electron chi connectivity index (χ3n) is 3.89. The maximum atomic E-state index is 5.16. The SMILES string of the molecule is CCCNC(Cc1cc(OC)ncn1)CC1CCC1. The lowest BCUT2D eigenvalue weighted by Crippen LogP contribution is -2.35. The van der Waals surface area contributed by atoms with Crippen LogP contribution in [0.5, 0.6) is 5.88 Å². The highest BCUT2D eigenvalue weighted by Gasteiger charge is 2.22. The van der Waals surface area contributed by atoms with E-state index in [9.17, 15) is 0 Å². The second kappa shape index (κ2) is 7.43. The van der Waals surface area contributed by atoms with Gasteiger partial charge in [-0.05, 0) is 25.3 Å². The van der Waals surface area contributed by atoms with Gasteiger partial charge in [0.1, 0.15) is 6.33 Å². The number of rotatable bonds is 8. The molecule has 2 rings (SSSR count). The van der Waals surface area contributed by atoms with E-state index in [1.807, 2.05) is 6.07 Å². The highest BCUT2D eigenvalue weighted by molar-refractivity contribution is 5.14. The number of aromatic nitrogens is 2. The van der Waals surface area contributed by atoms with Crippen molar-refractivity contribution in [2.45, 2.75) is 51.5 Å². The van der Waals surface area contributed by atoms with Gasteiger partial charge in [-0.25, -0.2) is 9.97 Å². The predicted octanol–water partition coefficient (Wildman–Crippen LogP) is 2.59. The first-order valence-electron chi connectivity index (χ1n) is 7.40. The van der Waals surface area contributed by atoms with Gasteiger partial charge in [-0.2, -0.15) is 0 Å². The lowest BCUT2D eigenvalue weighted by Gasteiger charge is -2.30. The third-order valence-corrected chi connectivity index (χ3v) is 3.89. The van der Waals surface area contributed by atoms with E-state index in [2.05, 4.69) is 22.2 Å². The Bertz CT molecular complexity index is 379. The Kier molecular flexibility index (Phi) is 5.58.